The van der Waals surface area contributed by atoms with Crippen molar-refractivity contribution in [2.75, 3.05) is 0 Å². The Balaban J connectivity index is 2.06. The van der Waals surface area contributed by atoms with Gasteiger partial charge in [-0.3, -0.25) is 4.79 Å². The van der Waals surface area contributed by atoms with E-state index in [0.29, 0.717) is 17.7 Å². The first-order chi connectivity index (χ1) is 16.4. The first kappa shape index (κ1) is 27.0. The molecule has 35 heavy (non-hydrogen) atoms. The molecule has 3 rings (SSSR count). The van der Waals surface area contributed by atoms with Crippen LogP contribution in [0.15, 0.2) is 52.7 Å². The molecule has 188 valence electrons. The second-order valence-electron chi connectivity index (χ2n) is 11.3. The molecular weight excluding hydrogens is 502 g/mol. The normalized spacial score (nSPS) is 12.9. The molecule has 0 bridgehead atoms. The fourth-order valence-corrected chi connectivity index (χ4v) is 4.78. The van der Waals surface area contributed by atoms with Crippen LogP contribution in [0, 0.1) is 0 Å². The highest BCUT2D eigenvalue weighted by Crippen LogP contribution is 2.39. The number of ketones is 1. The first-order valence-electron chi connectivity index (χ1n) is 12.3. The topological polar surface area (TPSA) is 59.5 Å². The van der Waals surface area contributed by atoms with Crippen LogP contribution in [0.5, 0.6) is 5.75 Å². The lowest BCUT2D eigenvalue weighted by atomic mass is 9.78. The van der Waals surface area contributed by atoms with Crippen molar-refractivity contribution in [2.45, 2.75) is 85.2 Å². The number of aryl methyl sites for hydroxylation is 1. The summed E-state index contributed by atoms with van der Waals surface area (Å²) in [6.07, 6.45) is 3.93. The molecule has 0 unspecified atom stereocenters. The lowest BCUT2D eigenvalue weighted by Crippen LogP contribution is -2.29. The van der Waals surface area contributed by atoms with Crippen molar-refractivity contribution in [2.24, 2.45) is 4.02 Å². The molecule has 2 aromatic carbocycles. The maximum atomic E-state index is 13.6. The summed E-state index contributed by atoms with van der Waals surface area (Å²) in [7, 11) is 0. The summed E-state index contributed by atoms with van der Waals surface area (Å²) >= 11 is 3.31. The number of phenols is 1. The van der Waals surface area contributed by atoms with Crippen LogP contribution < -0.4 is 5.62 Å². The van der Waals surface area contributed by atoms with Gasteiger partial charge in [-0.2, -0.15) is 4.02 Å². The minimum Gasteiger partial charge on any atom is -0.507 e. The van der Waals surface area contributed by atoms with Crippen LogP contribution in [-0.2, 0) is 30.3 Å². The molecular formula is C29H38BrN3O2. The standard InChI is InChI=1S/C29H38BrN3O2/c1-8-12-22-18-32(27(31-30)33(22)17-20-13-10-9-11-14-20)19-25(34)21-15-23(28(2,3)4)26(35)24(16-21)29(5,6)7/h9-11,13-16,18,35H,8,12,17,19H2,1-7H3. The van der Waals surface area contributed by atoms with Gasteiger partial charge in [0, 0.05) is 28.6 Å². The Morgan fingerprint density at radius 3 is 2.06 bits per heavy atom. The number of benzene rings is 2. The molecule has 3 aromatic rings. The Hall–Kier alpha value is -2.60. The fraction of sp³-hybridized carbons (Fsp3) is 0.448. The van der Waals surface area contributed by atoms with Crippen LogP contribution in [0.2, 0.25) is 0 Å². The summed E-state index contributed by atoms with van der Waals surface area (Å²) in [5.74, 6) is 0.271. The smallest absolute Gasteiger partial charge is 0.217 e. The van der Waals surface area contributed by atoms with Crippen LogP contribution in [0.3, 0.4) is 0 Å². The van der Waals surface area contributed by atoms with Crippen molar-refractivity contribution < 1.29 is 9.90 Å². The highest BCUT2D eigenvalue weighted by Gasteiger charge is 2.28. The van der Waals surface area contributed by atoms with Gasteiger partial charge in [0.25, 0.3) is 0 Å². The third kappa shape index (κ3) is 6.16. The molecule has 0 fully saturated rings. The van der Waals surface area contributed by atoms with Crippen LogP contribution >= 0.6 is 16.1 Å². The van der Waals surface area contributed by atoms with Crippen LogP contribution in [-0.4, -0.2) is 20.0 Å². The highest BCUT2D eigenvalue weighted by atomic mass is 79.9. The predicted octanol–water partition coefficient (Wildman–Crippen LogP) is 6.68. The number of carbonyl (C=O) groups is 1. The zero-order valence-electron chi connectivity index (χ0n) is 22.0. The molecule has 0 radical (unpaired) electrons. The van der Waals surface area contributed by atoms with Crippen molar-refractivity contribution in [3.8, 4) is 5.75 Å². The number of hydrogen-bond acceptors (Lipinski definition) is 3. The molecule has 1 aromatic heterocycles. The average Bonchev–Trinajstić information content (AvgIpc) is 3.08. The van der Waals surface area contributed by atoms with E-state index in [1.54, 1.807) is 0 Å². The molecule has 0 aliphatic rings. The van der Waals surface area contributed by atoms with Gasteiger partial charge in [-0.1, -0.05) is 85.2 Å². The SMILES string of the molecule is CCCc1cn(CC(=O)c2cc(C(C)(C)C)c(O)c(C(C)(C)C)c2)c(=NBr)n1Cc1ccccc1. The number of phenolic OH excluding ortho intramolecular Hbond substituents is 1. The van der Waals surface area contributed by atoms with Gasteiger partial charge in [0.1, 0.15) is 5.75 Å². The van der Waals surface area contributed by atoms with Crippen LogP contribution in [0.4, 0.5) is 0 Å². The Labute approximate surface area is 217 Å². The number of hydrogen-bond donors (Lipinski definition) is 1. The maximum absolute atomic E-state index is 13.6. The molecule has 1 N–H and O–H groups in total. The van der Waals surface area contributed by atoms with Gasteiger partial charge >= 0.3 is 0 Å². The van der Waals surface area contributed by atoms with Crippen molar-refractivity contribution in [1.82, 2.24) is 9.13 Å². The second-order valence-corrected chi connectivity index (χ2v) is 11.7. The number of aromatic hydroxyl groups is 1. The van der Waals surface area contributed by atoms with Crippen LogP contribution in [0.25, 0.3) is 0 Å². The predicted molar refractivity (Wildman–Crippen MR) is 146 cm³/mol. The minimum atomic E-state index is -0.294. The number of carbonyl (C=O) groups excluding carboxylic acids is 1. The van der Waals surface area contributed by atoms with Crippen LogP contribution in [0.1, 0.15) is 87.6 Å². The van der Waals surface area contributed by atoms with E-state index in [9.17, 15) is 9.90 Å². The summed E-state index contributed by atoms with van der Waals surface area (Å²) in [4.78, 5) is 13.6. The van der Waals surface area contributed by atoms with Gasteiger partial charge in [-0.15, -0.1) is 0 Å². The zero-order chi connectivity index (χ0) is 26.0. The van der Waals surface area contributed by atoms with E-state index in [1.165, 1.54) is 5.56 Å². The number of aromatic nitrogens is 2. The molecule has 0 spiro atoms. The van der Waals surface area contributed by atoms with Gasteiger partial charge in [0.2, 0.25) is 5.62 Å². The maximum Gasteiger partial charge on any atom is 0.217 e. The Bertz CT molecular complexity index is 1220. The van der Waals surface area contributed by atoms with Gasteiger partial charge < -0.3 is 14.2 Å². The third-order valence-corrected chi connectivity index (χ3v) is 6.59. The molecule has 0 saturated heterocycles. The van der Waals surface area contributed by atoms with Gasteiger partial charge in [-0.25, -0.2) is 0 Å². The Morgan fingerprint density at radius 2 is 1.57 bits per heavy atom. The molecule has 1 heterocycles. The molecule has 5 nitrogen and oxygen atoms in total. The summed E-state index contributed by atoms with van der Waals surface area (Å²) in [6, 6.07) is 14.0. The number of halogens is 1. The number of Topliss-reactive ketones (excluding diaryl/α,β-unsaturated/α-hetero) is 1. The summed E-state index contributed by atoms with van der Waals surface area (Å²) in [6.45, 7) is 15.3. The zero-order valence-corrected chi connectivity index (χ0v) is 23.6. The summed E-state index contributed by atoms with van der Waals surface area (Å²) < 4.78 is 8.48. The molecule has 0 aliphatic heterocycles. The number of imidazole rings is 1. The van der Waals surface area contributed by atoms with E-state index in [0.717, 1.165) is 29.7 Å². The highest BCUT2D eigenvalue weighted by molar-refractivity contribution is 9.08. The summed E-state index contributed by atoms with van der Waals surface area (Å²) in [5.41, 5.74) is 4.62. The largest absolute Gasteiger partial charge is 0.507 e. The van der Waals surface area contributed by atoms with Gasteiger partial charge in [0.15, 0.2) is 5.78 Å². The number of rotatable bonds is 7. The molecule has 0 amide bonds. The van der Waals surface area contributed by atoms with Crippen molar-refractivity contribution in [3.05, 3.63) is 82.2 Å². The molecule has 6 heteroatoms. The van der Waals surface area contributed by atoms with Crippen molar-refractivity contribution in [3.63, 3.8) is 0 Å². The van der Waals surface area contributed by atoms with E-state index in [2.05, 4.69) is 85.3 Å². The van der Waals surface area contributed by atoms with Crippen molar-refractivity contribution in [1.29, 1.82) is 0 Å². The Morgan fingerprint density at radius 1 is 1.00 bits per heavy atom. The Kier molecular flexibility index (Phi) is 8.15. The van der Waals surface area contributed by atoms with E-state index < -0.39 is 0 Å². The van der Waals surface area contributed by atoms with E-state index in [4.69, 9.17) is 0 Å². The molecule has 0 saturated carbocycles. The molecule has 0 aliphatic carbocycles. The lowest BCUT2D eigenvalue weighted by Gasteiger charge is -2.28. The average molecular weight is 541 g/mol. The van der Waals surface area contributed by atoms with Crippen molar-refractivity contribution >= 4 is 21.9 Å². The molecule has 0 atom stereocenters. The van der Waals surface area contributed by atoms with E-state index in [-0.39, 0.29) is 28.9 Å². The van der Waals surface area contributed by atoms with E-state index >= 15 is 0 Å². The second kappa shape index (κ2) is 10.6. The quantitative estimate of drug-likeness (QED) is 0.340. The fourth-order valence-electron chi connectivity index (χ4n) is 4.38. The monoisotopic (exact) mass is 539 g/mol. The third-order valence-electron chi connectivity index (χ3n) is 6.28. The van der Waals surface area contributed by atoms with E-state index in [1.807, 2.05) is 41.1 Å². The van der Waals surface area contributed by atoms with Gasteiger partial charge in [-0.05, 0) is 34.9 Å². The lowest BCUT2D eigenvalue weighted by molar-refractivity contribution is 0.0970. The first-order valence-corrected chi connectivity index (χ1v) is 13.0. The summed E-state index contributed by atoms with van der Waals surface area (Å²) in [5, 5.41) is 11.0. The van der Waals surface area contributed by atoms with Gasteiger partial charge in [0.05, 0.1) is 29.2 Å². The number of nitrogens with zero attached hydrogens (tertiary/aromatic N) is 3. The minimum absolute atomic E-state index is 0.0108.